The van der Waals surface area contributed by atoms with E-state index in [0.717, 1.165) is 11.3 Å². The zero-order chi connectivity index (χ0) is 11.4. The summed E-state index contributed by atoms with van der Waals surface area (Å²) in [6.45, 7) is 0.344. The van der Waals surface area contributed by atoms with Gasteiger partial charge in [-0.3, -0.25) is 15.1 Å². The third-order valence-electron chi connectivity index (χ3n) is 2.15. The summed E-state index contributed by atoms with van der Waals surface area (Å²) in [7, 11) is 1.48. The monoisotopic (exact) mass is 216 g/mol. The Balaban J connectivity index is 2.17. The smallest absolute Gasteiger partial charge is 0.202 e. The minimum atomic E-state index is 0.181. The zero-order valence-electron chi connectivity index (χ0n) is 8.92. The van der Waals surface area contributed by atoms with E-state index in [4.69, 9.17) is 10.1 Å². The molecule has 0 spiro atoms. The number of ether oxygens (including phenoxy) is 1. The number of hydrogen-bond donors (Lipinski definition) is 1. The van der Waals surface area contributed by atoms with Crippen molar-refractivity contribution < 1.29 is 4.74 Å². The Morgan fingerprint density at radius 3 is 3.06 bits per heavy atom. The second-order valence-corrected chi connectivity index (χ2v) is 3.27. The SMILES string of the molecule is COC(=N)Cn1ccc(-c2cccnc2)n1. The highest BCUT2D eigenvalue weighted by Gasteiger charge is 2.03. The van der Waals surface area contributed by atoms with Crippen molar-refractivity contribution in [3.63, 3.8) is 0 Å². The Bertz CT molecular complexity index is 478. The van der Waals surface area contributed by atoms with Gasteiger partial charge in [0.15, 0.2) is 0 Å². The molecule has 2 heterocycles. The maximum absolute atomic E-state index is 7.39. The lowest BCUT2D eigenvalue weighted by Gasteiger charge is -2.01. The van der Waals surface area contributed by atoms with Crippen LogP contribution >= 0.6 is 0 Å². The third-order valence-corrected chi connectivity index (χ3v) is 2.15. The van der Waals surface area contributed by atoms with Crippen LogP contribution in [0.4, 0.5) is 0 Å². The number of rotatable bonds is 3. The van der Waals surface area contributed by atoms with E-state index in [0.29, 0.717) is 6.54 Å². The van der Waals surface area contributed by atoms with Crippen molar-refractivity contribution in [2.24, 2.45) is 0 Å². The van der Waals surface area contributed by atoms with E-state index in [1.54, 1.807) is 17.1 Å². The molecule has 2 rings (SSSR count). The number of hydrogen-bond acceptors (Lipinski definition) is 4. The highest BCUT2D eigenvalue weighted by Crippen LogP contribution is 2.14. The van der Waals surface area contributed by atoms with Crippen molar-refractivity contribution in [1.29, 1.82) is 5.41 Å². The lowest BCUT2D eigenvalue weighted by atomic mass is 10.2. The van der Waals surface area contributed by atoms with Gasteiger partial charge < -0.3 is 4.74 Å². The molecule has 0 aliphatic rings. The molecule has 5 nitrogen and oxygen atoms in total. The van der Waals surface area contributed by atoms with Crippen LogP contribution in [0.15, 0.2) is 36.8 Å². The van der Waals surface area contributed by atoms with Gasteiger partial charge in [0.25, 0.3) is 0 Å². The van der Waals surface area contributed by atoms with Crippen molar-refractivity contribution in [3.8, 4) is 11.3 Å². The van der Waals surface area contributed by atoms with E-state index < -0.39 is 0 Å². The molecule has 0 saturated carbocycles. The second kappa shape index (κ2) is 4.57. The van der Waals surface area contributed by atoms with Crippen LogP contribution in [0, 0.1) is 5.41 Å². The second-order valence-electron chi connectivity index (χ2n) is 3.27. The maximum Gasteiger partial charge on any atom is 0.202 e. The molecule has 0 aliphatic heterocycles. The standard InChI is InChI=1S/C11H12N4O/c1-16-11(12)8-15-6-4-10(14-15)9-3-2-5-13-7-9/h2-7,12H,8H2,1H3. The Morgan fingerprint density at radius 2 is 2.38 bits per heavy atom. The van der Waals surface area contributed by atoms with Gasteiger partial charge in [-0.05, 0) is 18.2 Å². The average Bonchev–Trinajstić information content (AvgIpc) is 2.78. The number of methoxy groups -OCH3 is 1. The molecule has 0 unspecified atom stereocenters. The van der Waals surface area contributed by atoms with Crippen LogP contribution in [0.1, 0.15) is 0 Å². The summed E-state index contributed by atoms with van der Waals surface area (Å²) >= 11 is 0. The fourth-order valence-corrected chi connectivity index (χ4v) is 1.33. The molecule has 0 atom stereocenters. The molecule has 82 valence electrons. The molecular weight excluding hydrogens is 204 g/mol. The third kappa shape index (κ3) is 2.25. The summed E-state index contributed by atoms with van der Waals surface area (Å²) in [5.41, 5.74) is 1.81. The predicted molar refractivity (Wildman–Crippen MR) is 60.2 cm³/mol. The summed E-state index contributed by atoms with van der Waals surface area (Å²) in [5.74, 6) is 0.181. The number of aromatic nitrogens is 3. The van der Waals surface area contributed by atoms with Crippen molar-refractivity contribution in [2.75, 3.05) is 7.11 Å². The normalized spacial score (nSPS) is 10.1. The number of pyridine rings is 1. The zero-order valence-corrected chi connectivity index (χ0v) is 8.92. The first-order chi connectivity index (χ1) is 7.79. The van der Waals surface area contributed by atoms with E-state index in [-0.39, 0.29) is 5.90 Å². The molecule has 0 fully saturated rings. The molecule has 0 radical (unpaired) electrons. The lowest BCUT2D eigenvalue weighted by Crippen LogP contribution is -2.11. The van der Waals surface area contributed by atoms with Crippen molar-refractivity contribution in [1.82, 2.24) is 14.8 Å². The van der Waals surface area contributed by atoms with Gasteiger partial charge in [0, 0.05) is 24.2 Å². The molecule has 0 saturated heterocycles. The van der Waals surface area contributed by atoms with Crippen molar-refractivity contribution in [2.45, 2.75) is 6.54 Å². The van der Waals surface area contributed by atoms with Gasteiger partial charge in [-0.25, -0.2) is 0 Å². The van der Waals surface area contributed by atoms with Crippen LogP contribution in [-0.4, -0.2) is 27.8 Å². The Labute approximate surface area is 93.2 Å². The molecule has 2 aromatic rings. The first-order valence-electron chi connectivity index (χ1n) is 4.85. The van der Waals surface area contributed by atoms with E-state index in [1.807, 2.05) is 24.4 Å². The van der Waals surface area contributed by atoms with E-state index >= 15 is 0 Å². The van der Waals surface area contributed by atoms with Crippen LogP contribution in [-0.2, 0) is 11.3 Å². The fourth-order valence-electron chi connectivity index (χ4n) is 1.33. The van der Waals surface area contributed by atoms with Crippen LogP contribution < -0.4 is 0 Å². The molecule has 2 aromatic heterocycles. The Kier molecular flexibility index (Phi) is 2.95. The molecule has 0 aliphatic carbocycles. The number of nitrogens with zero attached hydrogens (tertiary/aromatic N) is 3. The Hall–Kier alpha value is -2.17. The van der Waals surface area contributed by atoms with Crippen LogP contribution in [0.25, 0.3) is 11.3 Å². The highest BCUT2D eigenvalue weighted by molar-refractivity contribution is 5.72. The van der Waals surface area contributed by atoms with Gasteiger partial charge in [0.2, 0.25) is 5.90 Å². The molecule has 16 heavy (non-hydrogen) atoms. The van der Waals surface area contributed by atoms with Crippen molar-refractivity contribution >= 4 is 5.90 Å². The van der Waals surface area contributed by atoms with E-state index in [1.165, 1.54) is 7.11 Å². The maximum atomic E-state index is 7.39. The van der Waals surface area contributed by atoms with Gasteiger partial charge in [-0.15, -0.1) is 0 Å². The van der Waals surface area contributed by atoms with Gasteiger partial charge in [0.05, 0.1) is 12.8 Å². The quantitative estimate of drug-likeness (QED) is 0.625. The van der Waals surface area contributed by atoms with Crippen LogP contribution in [0.2, 0.25) is 0 Å². The first-order valence-corrected chi connectivity index (χ1v) is 4.85. The first kappa shape index (κ1) is 10.4. The highest BCUT2D eigenvalue weighted by atomic mass is 16.5. The Morgan fingerprint density at radius 1 is 1.50 bits per heavy atom. The molecule has 0 amide bonds. The topological polar surface area (TPSA) is 63.8 Å². The largest absolute Gasteiger partial charge is 0.483 e. The van der Waals surface area contributed by atoms with E-state index in [2.05, 4.69) is 10.1 Å². The van der Waals surface area contributed by atoms with Gasteiger partial charge in [0.1, 0.15) is 6.54 Å². The molecule has 0 aromatic carbocycles. The molecular formula is C11H12N4O. The summed E-state index contributed by atoms with van der Waals surface area (Å²) in [6, 6.07) is 5.70. The van der Waals surface area contributed by atoms with Gasteiger partial charge in [-0.2, -0.15) is 5.10 Å². The minimum absolute atomic E-state index is 0.181. The summed E-state index contributed by atoms with van der Waals surface area (Å²) in [5, 5.41) is 11.7. The molecule has 5 heteroatoms. The van der Waals surface area contributed by atoms with Crippen molar-refractivity contribution in [3.05, 3.63) is 36.8 Å². The summed E-state index contributed by atoms with van der Waals surface area (Å²) in [6.07, 6.45) is 5.30. The number of nitrogens with one attached hydrogen (secondary N) is 1. The summed E-state index contributed by atoms with van der Waals surface area (Å²) < 4.78 is 6.44. The summed E-state index contributed by atoms with van der Waals surface area (Å²) in [4.78, 5) is 4.03. The molecule has 0 bridgehead atoms. The van der Waals surface area contributed by atoms with Gasteiger partial charge in [-0.1, -0.05) is 0 Å². The van der Waals surface area contributed by atoms with Crippen LogP contribution in [0.5, 0.6) is 0 Å². The lowest BCUT2D eigenvalue weighted by molar-refractivity contribution is 0.377. The fraction of sp³-hybridized carbons (Fsp3) is 0.182. The van der Waals surface area contributed by atoms with Gasteiger partial charge >= 0.3 is 0 Å². The average molecular weight is 216 g/mol. The molecule has 1 N–H and O–H groups in total. The van der Waals surface area contributed by atoms with Crippen LogP contribution in [0.3, 0.4) is 0 Å². The minimum Gasteiger partial charge on any atom is -0.483 e. The van der Waals surface area contributed by atoms with E-state index in [9.17, 15) is 0 Å². The predicted octanol–water partition coefficient (Wildman–Crippen LogP) is 1.57.